The Morgan fingerprint density at radius 1 is 0.972 bits per heavy atom. The van der Waals surface area contributed by atoms with Gasteiger partial charge >= 0.3 is 6.09 Å². The minimum absolute atomic E-state index is 0.00186. The first-order valence-electron chi connectivity index (χ1n) is 12.6. The summed E-state index contributed by atoms with van der Waals surface area (Å²) in [4.78, 5) is 28.1. The summed E-state index contributed by atoms with van der Waals surface area (Å²) in [5, 5.41) is 6.93. The van der Waals surface area contributed by atoms with Crippen LogP contribution in [0.25, 0.3) is 22.0 Å². The van der Waals surface area contributed by atoms with E-state index in [1.807, 2.05) is 45.0 Å². The molecule has 0 saturated carbocycles. The van der Waals surface area contributed by atoms with E-state index in [0.29, 0.717) is 12.2 Å². The Balaban J connectivity index is 1.53. The van der Waals surface area contributed by atoms with E-state index in [1.165, 1.54) is 12.1 Å². The molecule has 3 rings (SSSR count). The van der Waals surface area contributed by atoms with Crippen molar-refractivity contribution in [2.24, 2.45) is 11.8 Å². The number of hydrogen-bond acceptors (Lipinski definition) is 3. The SMILES string of the molecule is CC(C)C(CC[C@H](C)CNC(=O)c1cc2ccc(-c3ccc(F)cc3)cc2[nH]1)NC(=O)OC(C)(C)C. The monoisotopic (exact) mass is 495 g/mol. The van der Waals surface area contributed by atoms with Gasteiger partial charge in [0.2, 0.25) is 0 Å². The molecule has 1 unspecified atom stereocenters. The lowest BCUT2D eigenvalue weighted by atomic mass is 9.94. The molecule has 0 aliphatic rings. The second-order valence-corrected chi connectivity index (χ2v) is 10.9. The van der Waals surface area contributed by atoms with Crippen LogP contribution in [0.2, 0.25) is 0 Å². The molecule has 2 atom stereocenters. The van der Waals surface area contributed by atoms with E-state index in [1.54, 1.807) is 12.1 Å². The number of halogens is 1. The van der Waals surface area contributed by atoms with E-state index in [4.69, 9.17) is 4.74 Å². The van der Waals surface area contributed by atoms with Gasteiger partial charge in [-0.05, 0) is 80.8 Å². The van der Waals surface area contributed by atoms with Crippen molar-refractivity contribution in [3.8, 4) is 11.1 Å². The number of hydrogen-bond donors (Lipinski definition) is 3. The van der Waals surface area contributed by atoms with Crippen molar-refractivity contribution in [1.82, 2.24) is 15.6 Å². The number of aromatic nitrogens is 1. The molecule has 1 aromatic heterocycles. The predicted molar refractivity (Wildman–Crippen MR) is 142 cm³/mol. The van der Waals surface area contributed by atoms with E-state index in [0.717, 1.165) is 34.9 Å². The first-order valence-corrected chi connectivity index (χ1v) is 12.6. The number of H-pyrrole nitrogens is 1. The van der Waals surface area contributed by atoms with Crippen LogP contribution in [0.5, 0.6) is 0 Å². The van der Waals surface area contributed by atoms with Crippen LogP contribution in [0.15, 0.2) is 48.5 Å². The third kappa shape index (κ3) is 7.83. The molecule has 3 N–H and O–H groups in total. The summed E-state index contributed by atoms with van der Waals surface area (Å²) >= 11 is 0. The zero-order valence-corrected chi connectivity index (χ0v) is 22.1. The van der Waals surface area contributed by atoms with Gasteiger partial charge in [-0.15, -0.1) is 0 Å². The number of ether oxygens (including phenoxy) is 1. The molecule has 0 fully saturated rings. The molecular weight excluding hydrogens is 457 g/mol. The minimum Gasteiger partial charge on any atom is -0.444 e. The minimum atomic E-state index is -0.533. The average molecular weight is 496 g/mol. The number of benzene rings is 2. The summed E-state index contributed by atoms with van der Waals surface area (Å²) in [6.45, 7) is 12.3. The highest BCUT2D eigenvalue weighted by molar-refractivity contribution is 5.98. The highest BCUT2D eigenvalue weighted by Gasteiger charge is 2.22. The molecule has 1 heterocycles. The second kappa shape index (κ2) is 11.6. The molecule has 2 amide bonds. The third-order valence-corrected chi connectivity index (χ3v) is 6.13. The maximum Gasteiger partial charge on any atom is 0.407 e. The van der Waals surface area contributed by atoms with Crippen molar-refractivity contribution in [1.29, 1.82) is 0 Å². The lowest BCUT2D eigenvalue weighted by Crippen LogP contribution is -2.42. The molecule has 6 nitrogen and oxygen atoms in total. The van der Waals surface area contributed by atoms with Crippen LogP contribution in [0, 0.1) is 17.7 Å². The van der Waals surface area contributed by atoms with Crippen molar-refractivity contribution >= 4 is 22.9 Å². The molecule has 3 aromatic rings. The van der Waals surface area contributed by atoms with Gasteiger partial charge in [-0.25, -0.2) is 9.18 Å². The van der Waals surface area contributed by atoms with Crippen LogP contribution in [0.3, 0.4) is 0 Å². The van der Waals surface area contributed by atoms with Crippen molar-refractivity contribution in [2.75, 3.05) is 6.54 Å². The maximum absolute atomic E-state index is 13.2. The van der Waals surface area contributed by atoms with E-state index < -0.39 is 11.7 Å². The van der Waals surface area contributed by atoms with Crippen LogP contribution in [-0.2, 0) is 4.74 Å². The van der Waals surface area contributed by atoms with Crippen molar-refractivity contribution in [3.63, 3.8) is 0 Å². The molecule has 0 aliphatic carbocycles. The second-order valence-electron chi connectivity index (χ2n) is 10.9. The van der Waals surface area contributed by atoms with E-state index in [9.17, 15) is 14.0 Å². The van der Waals surface area contributed by atoms with Gasteiger partial charge in [0, 0.05) is 23.5 Å². The first kappa shape index (κ1) is 27.2. The average Bonchev–Trinajstić information content (AvgIpc) is 3.23. The standard InChI is InChI=1S/C29H38FN3O3/c1-18(2)24(33-28(35)36-29(4,5)6)14-7-19(3)17-31-27(34)26-16-22-9-8-21(15-25(22)32-26)20-10-12-23(30)13-11-20/h8-13,15-16,18-19,24,32H,7,14,17H2,1-6H3,(H,31,34)(H,33,35)/t19-,24?/m0/s1. The van der Waals surface area contributed by atoms with Crippen LogP contribution in [-0.4, -0.2) is 35.2 Å². The van der Waals surface area contributed by atoms with Crippen LogP contribution in [0.1, 0.15) is 64.9 Å². The Bertz CT molecular complexity index is 1180. The van der Waals surface area contributed by atoms with Gasteiger partial charge in [-0.3, -0.25) is 4.79 Å². The van der Waals surface area contributed by atoms with E-state index in [2.05, 4.69) is 36.4 Å². The van der Waals surface area contributed by atoms with Gasteiger partial charge in [0.15, 0.2) is 0 Å². The Kier molecular flexibility index (Phi) is 8.77. The van der Waals surface area contributed by atoms with Crippen molar-refractivity contribution < 1.29 is 18.7 Å². The topological polar surface area (TPSA) is 83.2 Å². The van der Waals surface area contributed by atoms with Gasteiger partial charge < -0.3 is 20.4 Å². The third-order valence-electron chi connectivity index (χ3n) is 6.13. The quantitative estimate of drug-likeness (QED) is 0.310. The Labute approximate surface area is 213 Å². The number of rotatable bonds is 9. The zero-order chi connectivity index (χ0) is 26.5. The van der Waals surface area contributed by atoms with Crippen molar-refractivity contribution in [2.45, 2.75) is 66.0 Å². The molecule has 0 spiro atoms. The summed E-state index contributed by atoms with van der Waals surface area (Å²) in [6, 6.07) is 14.1. The molecule has 0 bridgehead atoms. The number of carbonyl (C=O) groups excluding carboxylic acids is 2. The molecule has 36 heavy (non-hydrogen) atoms. The number of fused-ring (bicyclic) bond motifs is 1. The van der Waals surface area contributed by atoms with Crippen LogP contribution < -0.4 is 10.6 Å². The fourth-order valence-electron chi connectivity index (χ4n) is 4.03. The molecule has 7 heteroatoms. The predicted octanol–water partition coefficient (Wildman–Crippen LogP) is 6.67. The van der Waals surface area contributed by atoms with E-state index >= 15 is 0 Å². The molecular formula is C29H38FN3O3. The number of alkyl carbamates (subject to hydrolysis) is 1. The van der Waals surface area contributed by atoms with Crippen molar-refractivity contribution in [3.05, 3.63) is 60.0 Å². The van der Waals surface area contributed by atoms with Crippen LogP contribution in [0.4, 0.5) is 9.18 Å². The summed E-state index contributed by atoms with van der Waals surface area (Å²) in [7, 11) is 0. The van der Waals surface area contributed by atoms with Gasteiger partial charge in [-0.2, -0.15) is 0 Å². The summed E-state index contributed by atoms with van der Waals surface area (Å²) in [5.41, 5.74) is 2.68. The lowest BCUT2D eigenvalue weighted by molar-refractivity contribution is 0.0485. The zero-order valence-electron chi connectivity index (χ0n) is 22.1. The summed E-state index contributed by atoms with van der Waals surface area (Å²) in [5.74, 6) is 0.0798. The maximum atomic E-state index is 13.2. The number of nitrogens with one attached hydrogen (secondary N) is 3. The highest BCUT2D eigenvalue weighted by Crippen LogP contribution is 2.25. The Morgan fingerprint density at radius 2 is 1.64 bits per heavy atom. The van der Waals surface area contributed by atoms with Gasteiger partial charge in [0.1, 0.15) is 17.1 Å². The summed E-state index contributed by atoms with van der Waals surface area (Å²) in [6.07, 6.45) is 1.25. The molecule has 0 radical (unpaired) electrons. The van der Waals surface area contributed by atoms with Crippen LogP contribution >= 0.6 is 0 Å². The fourth-order valence-corrected chi connectivity index (χ4v) is 4.03. The Morgan fingerprint density at radius 3 is 2.28 bits per heavy atom. The summed E-state index contributed by atoms with van der Waals surface area (Å²) < 4.78 is 18.6. The highest BCUT2D eigenvalue weighted by atomic mass is 19.1. The molecule has 2 aromatic carbocycles. The number of amides is 2. The first-order chi connectivity index (χ1) is 16.9. The molecule has 0 aliphatic heterocycles. The number of carbonyl (C=O) groups is 2. The lowest BCUT2D eigenvalue weighted by Gasteiger charge is -2.26. The fraction of sp³-hybridized carbons (Fsp3) is 0.448. The molecule has 0 saturated heterocycles. The van der Waals surface area contributed by atoms with Gasteiger partial charge in [0.25, 0.3) is 5.91 Å². The van der Waals surface area contributed by atoms with Gasteiger partial charge in [-0.1, -0.05) is 45.0 Å². The molecule has 194 valence electrons. The number of aromatic amines is 1. The largest absolute Gasteiger partial charge is 0.444 e. The smallest absolute Gasteiger partial charge is 0.407 e. The van der Waals surface area contributed by atoms with Gasteiger partial charge in [0.05, 0.1) is 0 Å². The Hall–Kier alpha value is -3.35. The normalized spacial score (nSPS) is 13.4. The van der Waals surface area contributed by atoms with E-state index in [-0.39, 0.29) is 29.6 Å².